The van der Waals surface area contributed by atoms with Crippen LogP contribution in [-0.2, 0) is 0 Å². The van der Waals surface area contributed by atoms with Crippen molar-refractivity contribution in [1.29, 1.82) is 0 Å². The van der Waals surface area contributed by atoms with E-state index in [2.05, 4.69) is 46.9 Å². The predicted molar refractivity (Wildman–Crippen MR) is 86.1 cm³/mol. The van der Waals surface area contributed by atoms with Gasteiger partial charge < -0.3 is 0 Å². The van der Waals surface area contributed by atoms with Gasteiger partial charge in [-0.2, -0.15) is 0 Å². The summed E-state index contributed by atoms with van der Waals surface area (Å²) in [6, 6.07) is 7.93. The highest BCUT2D eigenvalue weighted by atomic mass is 79.9. The summed E-state index contributed by atoms with van der Waals surface area (Å²) in [5, 5.41) is 0.814. The second kappa shape index (κ2) is 5.14. The van der Waals surface area contributed by atoms with Gasteiger partial charge in [0, 0.05) is 10.7 Å². The van der Waals surface area contributed by atoms with Crippen molar-refractivity contribution in [2.45, 2.75) is 19.8 Å². The first-order chi connectivity index (χ1) is 9.60. The molecule has 0 unspecified atom stereocenters. The number of halogens is 1. The number of hydrogen-bond donors (Lipinski definition) is 0. The Hall–Kier alpha value is -1.46. The minimum absolute atomic E-state index is 0.471. The van der Waals surface area contributed by atoms with Crippen LogP contribution in [0.5, 0.6) is 0 Å². The Balaban J connectivity index is 2.20. The molecule has 2 heterocycles. The average Bonchev–Trinajstić information content (AvgIpc) is 3.03. The monoisotopic (exact) mass is 348 g/mol. The van der Waals surface area contributed by atoms with Crippen molar-refractivity contribution in [3.8, 4) is 5.13 Å². The average molecular weight is 349 g/mol. The number of fused-ring (bicyclic) bond motifs is 1. The Labute approximate surface area is 129 Å². The SMILES string of the molecule is CC(C)c1cc(Br)c2nc(-n3cccc3C=O)sc2c1. The van der Waals surface area contributed by atoms with Crippen molar-refractivity contribution in [2.75, 3.05) is 0 Å². The van der Waals surface area contributed by atoms with Gasteiger partial charge in [-0.05, 0) is 51.7 Å². The van der Waals surface area contributed by atoms with Crippen LogP contribution in [0.3, 0.4) is 0 Å². The van der Waals surface area contributed by atoms with Gasteiger partial charge in [-0.15, -0.1) is 0 Å². The van der Waals surface area contributed by atoms with Gasteiger partial charge in [-0.25, -0.2) is 4.98 Å². The normalized spacial score (nSPS) is 11.4. The molecule has 0 atom stereocenters. The number of thiazole rings is 1. The second-order valence-corrected chi connectivity index (χ2v) is 6.78. The fourth-order valence-electron chi connectivity index (χ4n) is 2.10. The van der Waals surface area contributed by atoms with E-state index in [1.54, 1.807) is 17.4 Å². The molecule has 0 aliphatic carbocycles. The molecule has 1 aromatic carbocycles. The fourth-order valence-corrected chi connectivity index (χ4v) is 3.84. The molecule has 3 nitrogen and oxygen atoms in total. The first-order valence-electron chi connectivity index (χ1n) is 6.33. The molecule has 0 fully saturated rings. The lowest BCUT2D eigenvalue weighted by Gasteiger charge is -2.05. The fraction of sp³-hybridized carbons (Fsp3) is 0.200. The molecule has 102 valence electrons. The number of aromatic nitrogens is 2. The van der Waals surface area contributed by atoms with E-state index in [4.69, 9.17) is 0 Å². The maximum Gasteiger partial charge on any atom is 0.195 e. The van der Waals surface area contributed by atoms with Gasteiger partial charge in [-0.1, -0.05) is 25.2 Å². The van der Waals surface area contributed by atoms with E-state index < -0.39 is 0 Å². The summed E-state index contributed by atoms with van der Waals surface area (Å²) in [7, 11) is 0. The number of carbonyl (C=O) groups is 1. The second-order valence-electron chi connectivity index (χ2n) is 4.92. The molecule has 0 spiro atoms. The topological polar surface area (TPSA) is 34.9 Å². The Bertz CT molecular complexity index is 788. The van der Waals surface area contributed by atoms with Crippen LogP contribution < -0.4 is 0 Å². The van der Waals surface area contributed by atoms with Crippen molar-refractivity contribution < 1.29 is 4.79 Å². The van der Waals surface area contributed by atoms with E-state index in [1.165, 1.54) is 5.56 Å². The van der Waals surface area contributed by atoms with Crippen LogP contribution in [0.4, 0.5) is 0 Å². The zero-order chi connectivity index (χ0) is 14.3. The number of aldehydes is 1. The molecular formula is C15H13BrN2OS. The Morgan fingerprint density at radius 3 is 2.90 bits per heavy atom. The van der Waals surface area contributed by atoms with Gasteiger partial charge in [0.05, 0.1) is 15.9 Å². The van der Waals surface area contributed by atoms with Gasteiger partial charge in [-0.3, -0.25) is 9.36 Å². The van der Waals surface area contributed by atoms with Crippen molar-refractivity contribution >= 4 is 43.8 Å². The van der Waals surface area contributed by atoms with E-state index in [0.717, 1.165) is 26.1 Å². The van der Waals surface area contributed by atoms with Crippen LogP contribution in [0.1, 0.15) is 35.8 Å². The van der Waals surface area contributed by atoms with Gasteiger partial charge >= 0.3 is 0 Å². The van der Waals surface area contributed by atoms with Crippen molar-refractivity contribution in [3.63, 3.8) is 0 Å². The first kappa shape index (κ1) is 13.5. The van der Waals surface area contributed by atoms with Crippen molar-refractivity contribution in [2.24, 2.45) is 0 Å². The summed E-state index contributed by atoms with van der Waals surface area (Å²) in [5.74, 6) is 0.471. The molecular weight excluding hydrogens is 336 g/mol. The zero-order valence-corrected chi connectivity index (χ0v) is 13.5. The molecule has 0 aliphatic rings. The number of hydrogen-bond acceptors (Lipinski definition) is 3. The number of benzene rings is 1. The molecule has 0 bridgehead atoms. The van der Waals surface area contributed by atoms with Crippen LogP contribution >= 0.6 is 27.3 Å². The van der Waals surface area contributed by atoms with Gasteiger partial charge in [0.1, 0.15) is 0 Å². The van der Waals surface area contributed by atoms with E-state index in [0.29, 0.717) is 11.6 Å². The summed E-state index contributed by atoms with van der Waals surface area (Å²) in [5.41, 5.74) is 2.84. The van der Waals surface area contributed by atoms with E-state index in [9.17, 15) is 4.79 Å². The highest BCUT2D eigenvalue weighted by Crippen LogP contribution is 2.34. The van der Waals surface area contributed by atoms with Crippen LogP contribution in [0.2, 0.25) is 0 Å². The highest BCUT2D eigenvalue weighted by molar-refractivity contribution is 9.10. The molecule has 3 rings (SSSR count). The molecule has 0 saturated heterocycles. The first-order valence-corrected chi connectivity index (χ1v) is 7.94. The maximum atomic E-state index is 11.0. The summed E-state index contributed by atoms with van der Waals surface area (Å²) in [6.45, 7) is 4.35. The number of nitrogens with zero attached hydrogens (tertiary/aromatic N) is 2. The van der Waals surface area contributed by atoms with Crippen LogP contribution in [0.15, 0.2) is 34.9 Å². The molecule has 5 heteroatoms. The minimum Gasteiger partial charge on any atom is -0.296 e. The summed E-state index contributed by atoms with van der Waals surface area (Å²) in [4.78, 5) is 15.7. The van der Waals surface area contributed by atoms with Crippen molar-refractivity contribution in [3.05, 3.63) is 46.2 Å². The highest BCUT2D eigenvalue weighted by Gasteiger charge is 2.13. The van der Waals surface area contributed by atoms with E-state index in [1.807, 2.05) is 16.8 Å². The molecule has 3 aromatic rings. The number of rotatable bonds is 3. The molecule has 20 heavy (non-hydrogen) atoms. The number of carbonyl (C=O) groups excluding carboxylic acids is 1. The molecule has 0 N–H and O–H groups in total. The molecule has 0 radical (unpaired) electrons. The Morgan fingerprint density at radius 1 is 1.40 bits per heavy atom. The van der Waals surface area contributed by atoms with Crippen molar-refractivity contribution in [1.82, 2.24) is 9.55 Å². The largest absolute Gasteiger partial charge is 0.296 e. The van der Waals surface area contributed by atoms with Gasteiger partial charge in [0.25, 0.3) is 0 Å². The van der Waals surface area contributed by atoms with Crippen LogP contribution in [-0.4, -0.2) is 15.8 Å². The van der Waals surface area contributed by atoms with Crippen LogP contribution in [0, 0.1) is 0 Å². The third-order valence-electron chi connectivity index (χ3n) is 3.23. The lowest BCUT2D eigenvalue weighted by Crippen LogP contribution is -1.96. The van der Waals surface area contributed by atoms with Gasteiger partial charge in [0.15, 0.2) is 11.4 Å². The zero-order valence-electron chi connectivity index (χ0n) is 11.1. The molecule has 2 aromatic heterocycles. The summed E-state index contributed by atoms with van der Waals surface area (Å²) >= 11 is 5.19. The Morgan fingerprint density at radius 2 is 2.20 bits per heavy atom. The lowest BCUT2D eigenvalue weighted by molar-refractivity contribution is 0.111. The van der Waals surface area contributed by atoms with E-state index >= 15 is 0 Å². The smallest absolute Gasteiger partial charge is 0.195 e. The minimum atomic E-state index is 0.471. The molecule has 0 aliphatic heterocycles. The predicted octanol–water partition coefficient (Wildman–Crippen LogP) is 4.79. The third kappa shape index (κ3) is 2.21. The van der Waals surface area contributed by atoms with E-state index in [-0.39, 0.29) is 0 Å². The quantitative estimate of drug-likeness (QED) is 0.638. The molecule has 0 amide bonds. The summed E-state index contributed by atoms with van der Waals surface area (Å²) < 4.78 is 3.95. The third-order valence-corrected chi connectivity index (χ3v) is 4.84. The van der Waals surface area contributed by atoms with Gasteiger partial charge in [0.2, 0.25) is 0 Å². The maximum absolute atomic E-state index is 11.0. The van der Waals surface area contributed by atoms with Crippen LogP contribution in [0.25, 0.3) is 15.3 Å². The standard InChI is InChI=1S/C15H13BrN2OS/c1-9(2)10-6-12(16)14-13(7-10)20-15(17-14)18-5-3-4-11(18)8-19/h3-9H,1-2H3. The Kier molecular flexibility index (Phi) is 3.48. The molecule has 0 saturated carbocycles. The summed E-state index contributed by atoms with van der Waals surface area (Å²) in [6.07, 6.45) is 2.71. The lowest BCUT2D eigenvalue weighted by atomic mass is 10.0.